The highest BCUT2D eigenvalue weighted by Crippen LogP contribution is 2.18. The Balaban J connectivity index is 1.65. The highest BCUT2D eigenvalue weighted by molar-refractivity contribution is 7.09. The summed E-state index contributed by atoms with van der Waals surface area (Å²) in [5.74, 6) is 0. The summed E-state index contributed by atoms with van der Waals surface area (Å²) in [6.45, 7) is 0.553. The molecule has 0 saturated carbocycles. The summed E-state index contributed by atoms with van der Waals surface area (Å²) < 4.78 is 0. The molecule has 0 aliphatic rings. The summed E-state index contributed by atoms with van der Waals surface area (Å²) in [5.41, 5.74) is 0.798. The average molecular weight is 282 g/mol. The molecule has 1 heterocycles. The van der Waals surface area contributed by atoms with Gasteiger partial charge in [-0.2, -0.15) is 0 Å². The molecule has 4 heteroatoms. The van der Waals surface area contributed by atoms with Crippen molar-refractivity contribution in [3.8, 4) is 0 Å². The molecule has 2 amide bonds. The molecular weight excluding hydrogens is 268 g/mol. The monoisotopic (exact) mass is 282 g/mol. The van der Waals surface area contributed by atoms with Gasteiger partial charge in [0.05, 0.1) is 6.54 Å². The van der Waals surface area contributed by atoms with Crippen molar-refractivity contribution < 1.29 is 4.79 Å². The van der Waals surface area contributed by atoms with Crippen LogP contribution in [0.15, 0.2) is 60.0 Å². The Bertz CT molecular complexity index is 722. The van der Waals surface area contributed by atoms with Crippen molar-refractivity contribution in [2.24, 2.45) is 0 Å². The fourth-order valence-corrected chi connectivity index (χ4v) is 2.67. The predicted molar refractivity (Wildman–Crippen MR) is 84.1 cm³/mol. The molecule has 0 radical (unpaired) electrons. The van der Waals surface area contributed by atoms with Crippen molar-refractivity contribution in [3.63, 3.8) is 0 Å². The van der Waals surface area contributed by atoms with Crippen molar-refractivity contribution in [1.29, 1.82) is 0 Å². The summed E-state index contributed by atoms with van der Waals surface area (Å²) in [6, 6.07) is 17.8. The summed E-state index contributed by atoms with van der Waals surface area (Å²) >= 11 is 1.63. The second-order valence-electron chi connectivity index (χ2n) is 4.45. The van der Waals surface area contributed by atoms with E-state index in [0.29, 0.717) is 6.54 Å². The van der Waals surface area contributed by atoms with Crippen LogP contribution in [0.25, 0.3) is 10.8 Å². The first kappa shape index (κ1) is 12.7. The van der Waals surface area contributed by atoms with Crippen molar-refractivity contribution in [2.75, 3.05) is 5.32 Å². The summed E-state index contributed by atoms with van der Waals surface area (Å²) in [5, 5.41) is 9.97. The lowest BCUT2D eigenvalue weighted by Crippen LogP contribution is -2.27. The number of benzene rings is 2. The number of thiophene rings is 1. The van der Waals surface area contributed by atoms with Crippen LogP contribution >= 0.6 is 11.3 Å². The standard InChI is InChI=1S/C16H14N2OS/c19-16(17-11-15-6-3-9-20-15)18-14-8-7-12-4-1-2-5-13(12)10-14/h1-10H,11H2,(H2,17,18,19). The smallest absolute Gasteiger partial charge is 0.319 e. The highest BCUT2D eigenvalue weighted by Gasteiger charge is 2.02. The topological polar surface area (TPSA) is 41.1 Å². The zero-order valence-electron chi connectivity index (χ0n) is 10.8. The van der Waals surface area contributed by atoms with Gasteiger partial charge < -0.3 is 10.6 Å². The fourth-order valence-electron chi connectivity index (χ4n) is 2.02. The molecule has 3 aromatic rings. The molecule has 0 atom stereocenters. The largest absolute Gasteiger partial charge is 0.333 e. The zero-order valence-corrected chi connectivity index (χ0v) is 11.6. The quantitative estimate of drug-likeness (QED) is 0.742. The van der Waals surface area contributed by atoms with Crippen molar-refractivity contribution >= 4 is 33.8 Å². The van der Waals surface area contributed by atoms with Crippen molar-refractivity contribution in [3.05, 3.63) is 64.9 Å². The third kappa shape index (κ3) is 2.97. The summed E-state index contributed by atoms with van der Waals surface area (Å²) in [6.07, 6.45) is 0. The molecule has 0 saturated heterocycles. The van der Waals surface area contributed by atoms with Crippen LogP contribution in [0.5, 0.6) is 0 Å². The predicted octanol–water partition coefficient (Wildman–Crippen LogP) is 4.22. The van der Waals surface area contributed by atoms with Crippen molar-refractivity contribution in [1.82, 2.24) is 5.32 Å². The number of carbonyl (C=O) groups is 1. The number of rotatable bonds is 3. The molecular formula is C16H14N2OS. The van der Waals surface area contributed by atoms with Gasteiger partial charge in [-0.1, -0.05) is 36.4 Å². The number of amides is 2. The molecule has 0 aliphatic heterocycles. The molecule has 3 rings (SSSR count). The van der Waals surface area contributed by atoms with E-state index >= 15 is 0 Å². The second kappa shape index (κ2) is 5.75. The number of hydrogen-bond acceptors (Lipinski definition) is 2. The first-order chi connectivity index (χ1) is 9.81. The Hall–Kier alpha value is -2.33. The van der Waals surface area contributed by atoms with Gasteiger partial charge in [-0.25, -0.2) is 4.79 Å². The molecule has 20 heavy (non-hydrogen) atoms. The van der Waals surface area contributed by atoms with E-state index in [1.807, 2.05) is 53.9 Å². The number of anilines is 1. The normalized spacial score (nSPS) is 10.4. The maximum Gasteiger partial charge on any atom is 0.319 e. The van der Waals surface area contributed by atoms with E-state index < -0.39 is 0 Å². The maximum atomic E-state index is 11.8. The highest BCUT2D eigenvalue weighted by atomic mass is 32.1. The van der Waals surface area contributed by atoms with Gasteiger partial charge in [-0.15, -0.1) is 11.3 Å². The van der Waals surface area contributed by atoms with Gasteiger partial charge in [0.25, 0.3) is 0 Å². The van der Waals surface area contributed by atoms with Crippen LogP contribution in [0.1, 0.15) is 4.88 Å². The number of fused-ring (bicyclic) bond motifs is 1. The first-order valence-electron chi connectivity index (χ1n) is 6.37. The van der Waals surface area contributed by atoms with Gasteiger partial charge in [0.1, 0.15) is 0 Å². The first-order valence-corrected chi connectivity index (χ1v) is 7.25. The average Bonchev–Trinajstić information content (AvgIpc) is 2.98. The van der Waals surface area contributed by atoms with Gasteiger partial charge >= 0.3 is 6.03 Å². The minimum Gasteiger partial charge on any atom is -0.333 e. The van der Waals surface area contributed by atoms with E-state index in [1.165, 1.54) is 0 Å². The van der Waals surface area contributed by atoms with E-state index in [2.05, 4.69) is 16.7 Å². The Morgan fingerprint density at radius 1 is 1.00 bits per heavy atom. The Morgan fingerprint density at radius 2 is 1.85 bits per heavy atom. The minimum atomic E-state index is -0.186. The van der Waals surface area contributed by atoms with Gasteiger partial charge in [-0.05, 0) is 34.4 Å². The molecule has 0 aliphatic carbocycles. The summed E-state index contributed by atoms with van der Waals surface area (Å²) in [7, 11) is 0. The van der Waals surface area contributed by atoms with E-state index in [4.69, 9.17) is 0 Å². The SMILES string of the molecule is O=C(NCc1cccs1)Nc1ccc2ccccc2c1. The lowest BCUT2D eigenvalue weighted by Gasteiger charge is -2.07. The fraction of sp³-hybridized carbons (Fsp3) is 0.0625. The van der Waals surface area contributed by atoms with Gasteiger partial charge in [-0.3, -0.25) is 0 Å². The molecule has 0 unspecified atom stereocenters. The Kier molecular flexibility index (Phi) is 3.65. The molecule has 100 valence electrons. The Morgan fingerprint density at radius 3 is 2.65 bits per heavy atom. The van der Waals surface area contributed by atoms with Crippen molar-refractivity contribution in [2.45, 2.75) is 6.54 Å². The van der Waals surface area contributed by atoms with Crippen LogP contribution in [0.2, 0.25) is 0 Å². The lowest BCUT2D eigenvalue weighted by atomic mass is 10.1. The number of carbonyl (C=O) groups excluding carboxylic acids is 1. The van der Waals surface area contributed by atoms with E-state index in [1.54, 1.807) is 11.3 Å². The van der Waals surface area contributed by atoms with Crippen LogP contribution in [0.4, 0.5) is 10.5 Å². The van der Waals surface area contributed by atoms with Gasteiger partial charge in [0.2, 0.25) is 0 Å². The van der Waals surface area contributed by atoms with E-state index in [0.717, 1.165) is 21.3 Å². The van der Waals surface area contributed by atoms with Crippen LogP contribution in [-0.2, 0) is 6.54 Å². The van der Waals surface area contributed by atoms with E-state index in [9.17, 15) is 4.79 Å². The maximum absolute atomic E-state index is 11.8. The summed E-state index contributed by atoms with van der Waals surface area (Å²) in [4.78, 5) is 13.0. The van der Waals surface area contributed by atoms with Gasteiger partial charge in [0.15, 0.2) is 0 Å². The van der Waals surface area contributed by atoms with E-state index in [-0.39, 0.29) is 6.03 Å². The third-order valence-electron chi connectivity index (χ3n) is 3.01. The lowest BCUT2D eigenvalue weighted by molar-refractivity contribution is 0.252. The van der Waals surface area contributed by atoms with Gasteiger partial charge in [0, 0.05) is 10.6 Å². The minimum absolute atomic E-state index is 0.186. The second-order valence-corrected chi connectivity index (χ2v) is 5.48. The molecule has 2 N–H and O–H groups in total. The number of nitrogens with one attached hydrogen (secondary N) is 2. The zero-order chi connectivity index (χ0) is 13.8. The third-order valence-corrected chi connectivity index (χ3v) is 3.89. The molecule has 3 nitrogen and oxygen atoms in total. The van der Waals surface area contributed by atoms with Crippen LogP contribution in [0.3, 0.4) is 0 Å². The molecule has 2 aromatic carbocycles. The molecule has 0 fully saturated rings. The number of urea groups is 1. The van der Waals surface area contributed by atoms with Crippen LogP contribution in [-0.4, -0.2) is 6.03 Å². The Labute approximate surface area is 121 Å². The van der Waals surface area contributed by atoms with Crippen LogP contribution in [0, 0.1) is 0 Å². The molecule has 1 aromatic heterocycles. The van der Waals surface area contributed by atoms with Crippen LogP contribution < -0.4 is 10.6 Å². The molecule has 0 spiro atoms. The number of hydrogen-bond donors (Lipinski definition) is 2. The molecule has 0 bridgehead atoms.